The summed E-state index contributed by atoms with van der Waals surface area (Å²) < 4.78 is 17.7. The first-order valence-corrected chi connectivity index (χ1v) is 37.9. The average Bonchev–Trinajstić information content (AvgIpc) is 1.46. The van der Waals surface area contributed by atoms with Crippen LogP contribution in [0, 0.1) is 40.9 Å². The lowest BCUT2D eigenvalue weighted by Gasteiger charge is -2.53. The van der Waals surface area contributed by atoms with Gasteiger partial charge in [-0.25, -0.2) is 9.78 Å². The maximum Gasteiger partial charge on any atom is 0.318 e. The van der Waals surface area contributed by atoms with Crippen LogP contribution in [0.5, 0.6) is 0 Å². The van der Waals surface area contributed by atoms with Crippen molar-refractivity contribution in [3.8, 4) is 0 Å². The molecule has 0 spiro atoms. The number of unbranched alkanes of at least 4 members (excludes halogenated alkanes) is 9. The number of aliphatic hydroxyl groups excluding tert-OH is 3. The highest BCUT2D eigenvalue weighted by Gasteiger charge is 2.88. The molecule has 2 heterocycles. The molecular formula is C74H119N13O20. The van der Waals surface area contributed by atoms with Crippen molar-refractivity contribution in [3.63, 3.8) is 0 Å². The van der Waals surface area contributed by atoms with Crippen molar-refractivity contribution in [2.45, 2.75) is 250 Å². The minimum absolute atomic E-state index is 0.0128. The molecule has 6 rings (SSSR count). The first kappa shape index (κ1) is 88.0. The number of nitrogens with zero attached hydrogens (tertiary/aromatic N) is 2. The molecule has 3 fully saturated rings. The number of imidazole rings is 1. The van der Waals surface area contributed by atoms with Crippen LogP contribution in [-0.2, 0) is 73.4 Å². The second-order valence-electron chi connectivity index (χ2n) is 30.8. The molecule has 0 aromatic carbocycles. The number of hydrogen-bond donors (Lipinski definition) is 16. The van der Waals surface area contributed by atoms with Crippen molar-refractivity contribution in [3.05, 3.63) is 41.5 Å². The van der Waals surface area contributed by atoms with E-state index in [0.717, 1.165) is 44.9 Å². The minimum Gasteiger partial charge on any atom is -0.458 e. The van der Waals surface area contributed by atoms with Crippen molar-refractivity contribution in [1.29, 1.82) is 0 Å². The van der Waals surface area contributed by atoms with Gasteiger partial charge in [0.25, 0.3) is 0 Å². The van der Waals surface area contributed by atoms with E-state index in [1.165, 1.54) is 24.3 Å². The molecular weight excluding hydrogens is 1390 g/mol. The SMILES string of the molecule is CC(=O)O[C@@]12[C@H](OC(=O)CCCCCCCCCCCNC(=O)[C@H](CC(C)C)NC(=O)[C@H](CCC(N)=O)NC(=O)[C@H](CC(C)C)NC(=O)[C@H](CCCCN)NC(=O)[C@H](CO)NC(=O)[C@H](CO)NC(=O)[C@H](Cc3cnc[nH]3)NC(=O)N3CCOCC3)[C@@H](C)[C@@]3(O)[C@@H](C=C(CO)C[C@]4(O)C(=O)C(C)=C[C@@H]34)[C@@H]1C2(C)C. The normalized spacial score (nSPS) is 24.7. The summed E-state index contributed by atoms with van der Waals surface area (Å²) >= 11 is 0. The Morgan fingerprint density at radius 3 is 1.71 bits per heavy atom. The Kier molecular flexibility index (Phi) is 33.3. The quantitative estimate of drug-likeness (QED) is 0.0229. The number of nitrogens with two attached hydrogens (primary N) is 2. The maximum atomic E-state index is 14.3. The number of urea groups is 1. The molecule has 1 aromatic rings. The van der Waals surface area contributed by atoms with E-state index in [-0.39, 0.29) is 108 Å². The van der Waals surface area contributed by atoms with Crippen LogP contribution in [-0.4, -0.2) is 236 Å². The zero-order chi connectivity index (χ0) is 79.1. The summed E-state index contributed by atoms with van der Waals surface area (Å²) in [5, 5.41) is 76.9. The number of carbonyl (C=O) groups excluding carboxylic acids is 12. The lowest BCUT2D eigenvalue weighted by molar-refractivity contribution is -0.228. The predicted octanol–water partition coefficient (Wildman–Crippen LogP) is -0.175. The predicted molar refractivity (Wildman–Crippen MR) is 388 cm³/mol. The lowest BCUT2D eigenvalue weighted by atomic mass is 9.59. The molecule has 4 aliphatic carbocycles. The highest BCUT2D eigenvalue weighted by Crippen LogP contribution is 2.77. The number of Topliss-reactive ketones (excluding diaryl/α,β-unsaturated/α-hetero) is 1. The van der Waals surface area contributed by atoms with Gasteiger partial charge in [0.05, 0.1) is 45.0 Å². The summed E-state index contributed by atoms with van der Waals surface area (Å²) in [6.07, 6.45) is 12.2. The van der Waals surface area contributed by atoms with Crippen LogP contribution in [0.25, 0.3) is 0 Å². The first-order chi connectivity index (χ1) is 50.6. The van der Waals surface area contributed by atoms with Crippen LogP contribution in [0.1, 0.15) is 184 Å². The molecule has 1 aromatic heterocycles. The number of rotatable bonds is 44. The Bertz CT molecular complexity index is 3310. The van der Waals surface area contributed by atoms with E-state index in [1.807, 2.05) is 27.7 Å². The number of aliphatic hydroxyl groups is 5. The molecule has 600 valence electrons. The number of fused-ring (bicyclic) bond motifs is 5. The van der Waals surface area contributed by atoms with Gasteiger partial charge in [0.2, 0.25) is 47.3 Å². The number of morpholine rings is 1. The third-order valence-electron chi connectivity index (χ3n) is 21.5. The van der Waals surface area contributed by atoms with E-state index < -0.39 is 185 Å². The highest BCUT2D eigenvalue weighted by atomic mass is 16.6. The molecule has 10 amide bonds. The standard InChI is InChI=1S/C74H119N13O20/c1-42(2)31-52(63(95)78-26-20-16-14-12-10-11-13-15-17-22-59(93)106-62-45(6)73(104)49(60-71(8,9)74(60,62)107-46(7)91)34-47(38-88)36-72(103)57(73)33-44(5)61(72)94)82-65(97)51(23-24-58(76)92)81-66(98)53(32-43(3)4)83-64(96)50(21-18-19-25-75)80-68(100)55(39-89)85-69(101)56(40-90)84-67(99)54(35-48-37-77-41-79-48)86-70(102)87-27-29-105-30-28-87/h33-34,37,41-43,45,49-57,60,62,88-90,103-104H,10-32,35-36,38-40,75H2,1-9H3,(H2,76,92)(H,77,79)(H,78,95)(H,80,100)(H,81,98)(H,82,97)(H,83,96)(H,84,99)(H,85,101)(H,86,102)/t45-,49+,50+,51+,52+,53+,54+,55+,56+,57-,60-,62-,72-,73-,74-/m1/s1. The van der Waals surface area contributed by atoms with E-state index in [9.17, 15) is 83.1 Å². The third-order valence-corrected chi connectivity index (χ3v) is 21.5. The third kappa shape index (κ3) is 22.8. The Hall–Kier alpha value is -7.95. The van der Waals surface area contributed by atoms with E-state index in [2.05, 4.69) is 52.5 Å². The number of aromatic nitrogens is 2. The molecule has 5 aliphatic rings. The fourth-order valence-electron chi connectivity index (χ4n) is 15.8. The number of nitrogens with one attached hydrogen (secondary N) is 9. The second kappa shape index (κ2) is 40.5. The Morgan fingerprint density at radius 2 is 1.19 bits per heavy atom. The van der Waals surface area contributed by atoms with Crippen LogP contribution in [0.3, 0.4) is 0 Å². The van der Waals surface area contributed by atoms with Crippen LogP contribution >= 0.6 is 0 Å². The van der Waals surface area contributed by atoms with Gasteiger partial charge in [-0.05, 0) is 87.8 Å². The number of H-pyrrole nitrogens is 1. The lowest BCUT2D eigenvalue weighted by Crippen LogP contribution is -2.66. The van der Waals surface area contributed by atoms with Crippen LogP contribution in [0.15, 0.2) is 35.8 Å². The van der Waals surface area contributed by atoms with Crippen molar-refractivity contribution in [2.75, 3.05) is 59.2 Å². The number of primary amides is 1. The van der Waals surface area contributed by atoms with Crippen molar-refractivity contribution < 1.29 is 97.3 Å². The number of ether oxygens (including phenoxy) is 3. The number of hydrogen-bond acceptors (Lipinski definition) is 22. The number of esters is 2. The zero-order valence-corrected chi connectivity index (χ0v) is 63.6. The van der Waals surface area contributed by atoms with Gasteiger partial charge in [0.1, 0.15) is 54.0 Å². The molecule has 1 aliphatic heterocycles. The molecule has 0 unspecified atom stereocenters. The minimum atomic E-state index is -2.03. The number of amides is 10. The fourth-order valence-corrected chi connectivity index (χ4v) is 15.8. The average molecular weight is 1510 g/mol. The van der Waals surface area contributed by atoms with Crippen LogP contribution < -0.4 is 54.0 Å². The van der Waals surface area contributed by atoms with E-state index in [1.54, 1.807) is 39.8 Å². The van der Waals surface area contributed by atoms with Crippen LogP contribution in [0.4, 0.5) is 4.79 Å². The van der Waals surface area contributed by atoms with Crippen LogP contribution in [0.2, 0.25) is 0 Å². The van der Waals surface area contributed by atoms with Gasteiger partial charge in [-0.1, -0.05) is 106 Å². The molecule has 2 saturated carbocycles. The second-order valence-corrected chi connectivity index (χ2v) is 30.8. The van der Waals surface area contributed by atoms with E-state index in [0.29, 0.717) is 37.1 Å². The molecule has 33 nitrogen and oxygen atoms in total. The Balaban J connectivity index is 0.965. The van der Waals surface area contributed by atoms with Crippen molar-refractivity contribution in [1.82, 2.24) is 57.4 Å². The van der Waals surface area contributed by atoms with Gasteiger partial charge >= 0.3 is 18.0 Å². The maximum absolute atomic E-state index is 14.3. The molecule has 18 N–H and O–H groups in total. The molecule has 1 saturated heterocycles. The van der Waals surface area contributed by atoms with Gasteiger partial charge in [-0.3, -0.25) is 52.7 Å². The number of aromatic amines is 1. The molecule has 0 radical (unpaired) electrons. The Labute approximate surface area is 625 Å². The van der Waals surface area contributed by atoms with Crippen molar-refractivity contribution in [2.24, 2.45) is 52.4 Å². The summed E-state index contributed by atoms with van der Waals surface area (Å²) in [5.74, 6) is -12.1. The summed E-state index contributed by atoms with van der Waals surface area (Å²) in [5.41, 5.74) is 6.42. The molecule has 15 atom stereocenters. The fraction of sp³-hybridized carbons (Fsp3) is 0.743. The monoisotopic (exact) mass is 1510 g/mol. The molecule has 107 heavy (non-hydrogen) atoms. The molecule has 33 heteroatoms. The van der Waals surface area contributed by atoms with Crippen molar-refractivity contribution >= 4 is 71.0 Å². The van der Waals surface area contributed by atoms with Gasteiger partial charge in [0.15, 0.2) is 11.4 Å². The van der Waals surface area contributed by atoms with Gasteiger partial charge in [-0.15, -0.1) is 0 Å². The number of carbonyl (C=O) groups is 12. The highest BCUT2D eigenvalue weighted by molar-refractivity contribution is 6.05. The van der Waals surface area contributed by atoms with E-state index in [4.69, 9.17) is 25.7 Å². The topological polar surface area (TPSA) is 514 Å². The Morgan fingerprint density at radius 1 is 0.673 bits per heavy atom. The smallest absolute Gasteiger partial charge is 0.318 e. The van der Waals surface area contributed by atoms with Gasteiger partial charge < -0.3 is 104 Å². The van der Waals surface area contributed by atoms with Gasteiger partial charge in [-0.2, -0.15) is 0 Å². The molecule has 0 bridgehead atoms. The summed E-state index contributed by atoms with van der Waals surface area (Å²) in [6.45, 7) is 14.8. The van der Waals surface area contributed by atoms with Gasteiger partial charge in [0, 0.05) is 93.2 Å². The summed E-state index contributed by atoms with van der Waals surface area (Å²) in [7, 11) is 0. The number of ketones is 1. The summed E-state index contributed by atoms with van der Waals surface area (Å²) in [4.78, 5) is 171. The van der Waals surface area contributed by atoms with E-state index >= 15 is 0 Å². The zero-order valence-electron chi connectivity index (χ0n) is 63.6. The summed E-state index contributed by atoms with van der Waals surface area (Å²) in [6, 6.07) is -10.5. The first-order valence-electron chi connectivity index (χ1n) is 37.9. The largest absolute Gasteiger partial charge is 0.458 e.